The van der Waals surface area contributed by atoms with E-state index in [4.69, 9.17) is 5.73 Å². The SMILES string of the molecule is Br.Br.Cc1cc2cc(N)c(C)cn2n1. The van der Waals surface area contributed by atoms with Crippen molar-refractivity contribution in [3.63, 3.8) is 0 Å². The summed E-state index contributed by atoms with van der Waals surface area (Å²) in [6.45, 7) is 3.95. The van der Waals surface area contributed by atoms with E-state index >= 15 is 0 Å². The average Bonchev–Trinajstić information content (AvgIpc) is 2.30. The van der Waals surface area contributed by atoms with Crippen LogP contribution in [0.2, 0.25) is 0 Å². The molecule has 0 unspecified atom stereocenters. The summed E-state index contributed by atoms with van der Waals surface area (Å²) in [6, 6.07) is 3.95. The fraction of sp³-hybridized carbons (Fsp3) is 0.222. The Kier molecular flexibility index (Phi) is 4.61. The van der Waals surface area contributed by atoms with Crippen LogP contribution in [0.4, 0.5) is 5.69 Å². The summed E-state index contributed by atoms with van der Waals surface area (Å²) in [7, 11) is 0. The number of aryl methyl sites for hydroxylation is 2. The van der Waals surface area contributed by atoms with Gasteiger partial charge in [0.05, 0.1) is 11.2 Å². The predicted octanol–water partition coefficient (Wildman–Crippen LogP) is 2.69. The third kappa shape index (κ3) is 2.27. The fourth-order valence-electron chi connectivity index (χ4n) is 1.28. The number of nitrogen functional groups attached to an aromatic ring is 1. The van der Waals surface area contributed by atoms with Gasteiger partial charge in [0.2, 0.25) is 0 Å². The van der Waals surface area contributed by atoms with Gasteiger partial charge in [-0.05, 0) is 31.5 Å². The zero-order valence-electron chi connectivity index (χ0n) is 8.02. The second-order valence-electron chi connectivity index (χ2n) is 3.07. The van der Waals surface area contributed by atoms with E-state index in [0.717, 1.165) is 22.5 Å². The number of fused-ring (bicyclic) bond motifs is 1. The number of hydrogen-bond acceptors (Lipinski definition) is 2. The molecule has 0 bridgehead atoms. The van der Waals surface area contributed by atoms with Crippen LogP contribution < -0.4 is 5.73 Å². The standard InChI is InChI=1S/C9H11N3.2BrH/c1-6-5-12-8(4-9(6)10)3-7(2)11-12;;/h3-5H,10H2,1-2H3;2*1H. The quantitative estimate of drug-likeness (QED) is 0.810. The van der Waals surface area contributed by atoms with Gasteiger partial charge in [-0.3, -0.25) is 0 Å². The van der Waals surface area contributed by atoms with Gasteiger partial charge < -0.3 is 5.73 Å². The van der Waals surface area contributed by atoms with E-state index in [0.29, 0.717) is 0 Å². The third-order valence-electron chi connectivity index (χ3n) is 1.96. The second-order valence-corrected chi connectivity index (χ2v) is 3.07. The largest absolute Gasteiger partial charge is 0.398 e. The highest BCUT2D eigenvalue weighted by molar-refractivity contribution is 8.93. The molecule has 2 aromatic heterocycles. The van der Waals surface area contributed by atoms with E-state index in [1.165, 1.54) is 0 Å². The van der Waals surface area contributed by atoms with Crippen molar-refractivity contribution < 1.29 is 0 Å². The minimum Gasteiger partial charge on any atom is -0.398 e. The van der Waals surface area contributed by atoms with Gasteiger partial charge in [-0.1, -0.05) is 0 Å². The number of aromatic nitrogens is 2. The van der Waals surface area contributed by atoms with Crippen LogP contribution in [0.25, 0.3) is 5.52 Å². The number of pyridine rings is 1. The summed E-state index contributed by atoms with van der Waals surface area (Å²) in [5.41, 5.74) is 9.70. The minimum absolute atomic E-state index is 0. The van der Waals surface area contributed by atoms with Crippen molar-refractivity contribution in [3.05, 3.63) is 29.6 Å². The van der Waals surface area contributed by atoms with Crippen LogP contribution in [0.15, 0.2) is 18.3 Å². The van der Waals surface area contributed by atoms with Crippen LogP contribution in [-0.4, -0.2) is 9.61 Å². The number of nitrogens with two attached hydrogens (primary N) is 1. The van der Waals surface area contributed by atoms with Crippen LogP contribution in [-0.2, 0) is 0 Å². The van der Waals surface area contributed by atoms with E-state index in [-0.39, 0.29) is 34.0 Å². The Bertz CT molecular complexity index is 398. The molecule has 2 rings (SSSR count). The Hall–Kier alpha value is -0.550. The van der Waals surface area contributed by atoms with Gasteiger partial charge in [-0.15, -0.1) is 34.0 Å². The smallest absolute Gasteiger partial charge is 0.0685 e. The molecular weight excluding hydrogens is 310 g/mol. The van der Waals surface area contributed by atoms with E-state index in [2.05, 4.69) is 5.10 Å². The van der Waals surface area contributed by atoms with Crippen molar-refractivity contribution in [2.24, 2.45) is 0 Å². The van der Waals surface area contributed by atoms with Crippen LogP contribution in [0.1, 0.15) is 11.3 Å². The first-order valence-electron chi connectivity index (χ1n) is 3.89. The zero-order valence-corrected chi connectivity index (χ0v) is 11.4. The third-order valence-corrected chi connectivity index (χ3v) is 1.96. The lowest BCUT2D eigenvalue weighted by Gasteiger charge is -1.99. The van der Waals surface area contributed by atoms with Crippen molar-refractivity contribution in [2.45, 2.75) is 13.8 Å². The van der Waals surface area contributed by atoms with Gasteiger partial charge in [0.1, 0.15) is 0 Å². The molecule has 2 N–H and O–H groups in total. The molecule has 0 aliphatic heterocycles. The zero-order chi connectivity index (χ0) is 8.72. The first-order chi connectivity index (χ1) is 5.66. The van der Waals surface area contributed by atoms with Gasteiger partial charge in [-0.25, -0.2) is 4.52 Å². The monoisotopic (exact) mass is 321 g/mol. The molecule has 0 saturated carbocycles. The van der Waals surface area contributed by atoms with E-state index in [9.17, 15) is 0 Å². The van der Waals surface area contributed by atoms with Crippen molar-refractivity contribution in [1.29, 1.82) is 0 Å². The van der Waals surface area contributed by atoms with Crippen LogP contribution in [0, 0.1) is 13.8 Å². The molecule has 0 aliphatic carbocycles. The molecule has 3 nitrogen and oxygen atoms in total. The summed E-state index contributed by atoms with van der Waals surface area (Å²) in [5.74, 6) is 0. The predicted molar refractivity (Wildman–Crippen MR) is 69.7 cm³/mol. The Morgan fingerprint density at radius 2 is 1.86 bits per heavy atom. The highest BCUT2D eigenvalue weighted by Crippen LogP contribution is 2.14. The van der Waals surface area contributed by atoms with Crippen LogP contribution >= 0.6 is 34.0 Å². The number of hydrogen-bond donors (Lipinski definition) is 1. The maximum atomic E-state index is 5.75. The lowest BCUT2D eigenvalue weighted by Crippen LogP contribution is -1.94. The minimum atomic E-state index is 0. The molecule has 0 aromatic carbocycles. The van der Waals surface area contributed by atoms with Crippen molar-refractivity contribution in [2.75, 3.05) is 5.73 Å². The maximum absolute atomic E-state index is 5.75. The summed E-state index contributed by atoms with van der Waals surface area (Å²) >= 11 is 0. The highest BCUT2D eigenvalue weighted by atomic mass is 79.9. The van der Waals surface area contributed by atoms with E-state index < -0.39 is 0 Å². The average molecular weight is 323 g/mol. The molecule has 0 fully saturated rings. The summed E-state index contributed by atoms with van der Waals surface area (Å²) < 4.78 is 1.85. The molecule has 5 heteroatoms. The molecule has 2 aromatic rings. The lowest BCUT2D eigenvalue weighted by molar-refractivity contribution is 0.927. The maximum Gasteiger partial charge on any atom is 0.0685 e. The fourth-order valence-corrected chi connectivity index (χ4v) is 1.28. The molecule has 0 saturated heterocycles. The Balaban J connectivity index is 0.000000845. The van der Waals surface area contributed by atoms with Crippen molar-refractivity contribution in [1.82, 2.24) is 9.61 Å². The topological polar surface area (TPSA) is 43.3 Å². The molecule has 0 radical (unpaired) electrons. The number of anilines is 1. The van der Waals surface area contributed by atoms with Gasteiger partial charge in [0, 0.05) is 11.9 Å². The molecular formula is C9H13Br2N3. The molecule has 78 valence electrons. The number of rotatable bonds is 0. The van der Waals surface area contributed by atoms with Crippen molar-refractivity contribution >= 4 is 45.2 Å². The highest BCUT2D eigenvalue weighted by Gasteiger charge is 1.99. The van der Waals surface area contributed by atoms with Crippen LogP contribution in [0.3, 0.4) is 0 Å². The molecule has 0 spiro atoms. The Morgan fingerprint density at radius 1 is 1.21 bits per heavy atom. The Labute approximate surface area is 104 Å². The molecule has 0 atom stereocenters. The first kappa shape index (κ1) is 13.4. The van der Waals surface area contributed by atoms with Crippen LogP contribution in [0.5, 0.6) is 0 Å². The summed E-state index contributed by atoms with van der Waals surface area (Å²) in [5, 5.41) is 4.28. The second kappa shape index (κ2) is 4.79. The number of halogens is 2. The lowest BCUT2D eigenvalue weighted by atomic mass is 10.2. The van der Waals surface area contributed by atoms with Gasteiger partial charge >= 0.3 is 0 Å². The normalized spacial score (nSPS) is 9.29. The molecule has 14 heavy (non-hydrogen) atoms. The number of nitrogens with zero attached hydrogens (tertiary/aromatic N) is 2. The van der Waals surface area contributed by atoms with E-state index in [1.807, 2.05) is 36.7 Å². The van der Waals surface area contributed by atoms with Gasteiger partial charge in [0.15, 0.2) is 0 Å². The molecule has 2 heterocycles. The first-order valence-corrected chi connectivity index (χ1v) is 3.89. The van der Waals surface area contributed by atoms with Gasteiger partial charge in [-0.2, -0.15) is 5.10 Å². The molecule has 0 amide bonds. The Morgan fingerprint density at radius 3 is 2.50 bits per heavy atom. The van der Waals surface area contributed by atoms with Crippen molar-refractivity contribution in [3.8, 4) is 0 Å². The molecule has 0 aliphatic rings. The summed E-state index contributed by atoms with van der Waals surface area (Å²) in [6.07, 6.45) is 1.94. The summed E-state index contributed by atoms with van der Waals surface area (Å²) in [4.78, 5) is 0. The van der Waals surface area contributed by atoms with E-state index in [1.54, 1.807) is 0 Å². The van der Waals surface area contributed by atoms with Gasteiger partial charge in [0.25, 0.3) is 0 Å².